The van der Waals surface area contributed by atoms with Crippen LogP contribution < -0.4 is 5.56 Å². The fraction of sp³-hybridized carbons (Fsp3) is 0.158. The van der Waals surface area contributed by atoms with Crippen molar-refractivity contribution in [1.82, 2.24) is 9.55 Å². The molecule has 0 N–H and O–H groups in total. The summed E-state index contributed by atoms with van der Waals surface area (Å²) in [5.41, 5.74) is -0.202. The maximum Gasteiger partial charge on any atom is 0.416 e. The summed E-state index contributed by atoms with van der Waals surface area (Å²) >= 11 is 0. The molecule has 1 aromatic heterocycles. The number of rotatable bonds is 2. The van der Waals surface area contributed by atoms with Gasteiger partial charge in [-0.2, -0.15) is 13.2 Å². The third kappa shape index (κ3) is 3.04. The molecule has 1 aliphatic heterocycles. The first-order valence-corrected chi connectivity index (χ1v) is 8.31. The lowest BCUT2D eigenvalue weighted by Gasteiger charge is -2.09. The fourth-order valence-electron chi connectivity index (χ4n) is 3.26. The van der Waals surface area contributed by atoms with Crippen LogP contribution in [0, 0.1) is 10.1 Å². The van der Waals surface area contributed by atoms with E-state index in [9.17, 15) is 28.1 Å². The molecular formula is C19H12F3N3O3. The second kappa shape index (κ2) is 6.29. The van der Waals surface area contributed by atoms with Crippen LogP contribution in [0.4, 0.5) is 18.9 Å². The van der Waals surface area contributed by atoms with E-state index in [2.05, 4.69) is 4.98 Å². The molecule has 6 nitrogen and oxygen atoms in total. The lowest BCUT2D eigenvalue weighted by atomic mass is 10.1. The zero-order valence-corrected chi connectivity index (χ0v) is 14.2. The van der Waals surface area contributed by atoms with Gasteiger partial charge in [0, 0.05) is 18.7 Å². The van der Waals surface area contributed by atoms with E-state index in [1.807, 2.05) is 0 Å². The first-order chi connectivity index (χ1) is 13.2. The zero-order valence-electron chi connectivity index (χ0n) is 14.2. The molecule has 3 aromatic rings. The molecule has 0 fully saturated rings. The minimum atomic E-state index is -4.54. The number of benzene rings is 2. The summed E-state index contributed by atoms with van der Waals surface area (Å²) in [6, 6.07) is 8.83. The van der Waals surface area contributed by atoms with Crippen molar-refractivity contribution in [3.05, 3.63) is 79.9 Å². The monoisotopic (exact) mass is 387 g/mol. The van der Waals surface area contributed by atoms with Crippen LogP contribution in [0.3, 0.4) is 0 Å². The SMILES string of the molecule is O=c1c2ccc(C(F)(F)F)cc2nc2n1CC/C2=C\c1cccc([N+](=O)[O-])c1. The van der Waals surface area contributed by atoms with Gasteiger partial charge in [-0.25, -0.2) is 4.98 Å². The van der Waals surface area contributed by atoms with E-state index in [0.29, 0.717) is 24.1 Å². The molecule has 2 heterocycles. The minimum Gasteiger partial charge on any atom is -0.292 e. The topological polar surface area (TPSA) is 78.0 Å². The van der Waals surface area contributed by atoms with Crippen molar-refractivity contribution in [3.63, 3.8) is 0 Å². The molecule has 0 atom stereocenters. The number of aromatic nitrogens is 2. The Kier molecular flexibility index (Phi) is 4.02. The van der Waals surface area contributed by atoms with Crippen LogP contribution in [0.5, 0.6) is 0 Å². The number of nitro benzene ring substituents is 1. The van der Waals surface area contributed by atoms with Crippen LogP contribution in [0.25, 0.3) is 22.6 Å². The van der Waals surface area contributed by atoms with Gasteiger partial charge in [0.25, 0.3) is 11.2 Å². The van der Waals surface area contributed by atoms with E-state index in [1.54, 1.807) is 12.1 Å². The van der Waals surface area contributed by atoms with Gasteiger partial charge in [-0.1, -0.05) is 12.1 Å². The van der Waals surface area contributed by atoms with E-state index in [1.165, 1.54) is 22.8 Å². The number of alkyl halides is 3. The summed E-state index contributed by atoms with van der Waals surface area (Å²) in [6.07, 6.45) is -2.42. The molecule has 0 aliphatic carbocycles. The van der Waals surface area contributed by atoms with Crippen molar-refractivity contribution < 1.29 is 18.1 Å². The van der Waals surface area contributed by atoms with Gasteiger partial charge in [-0.3, -0.25) is 19.5 Å². The Morgan fingerprint density at radius 3 is 2.68 bits per heavy atom. The Balaban J connectivity index is 1.86. The van der Waals surface area contributed by atoms with Crippen molar-refractivity contribution in [1.29, 1.82) is 0 Å². The lowest BCUT2D eigenvalue weighted by Crippen LogP contribution is -2.21. The number of fused-ring (bicyclic) bond motifs is 2. The van der Waals surface area contributed by atoms with Gasteiger partial charge < -0.3 is 0 Å². The second-order valence-electron chi connectivity index (χ2n) is 6.39. The Morgan fingerprint density at radius 2 is 1.96 bits per heavy atom. The molecule has 142 valence electrons. The molecule has 2 aromatic carbocycles. The normalized spacial score (nSPS) is 15.2. The standard InChI is InChI=1S/C19H12F3N3O3/c20-19(21,22)13-4-5-15-16(10-13)23-17-12(6-7-24(17)18(15)26)8-11-2-1-3-14(9-11)25(27)28/h1-5,8-10H,6-7H2/b12-8+. The lowest BCUT2D eigenvalue weighted by molar-refractivity contribution is -0.384. The largest absolute Gasteiger partial charge is 0.416 e. The number of non-ortho nitro benzene ring substituents is 1. The van der Waals surface area contributed by atoms with Crippen molar-refractivity contribution in [3.8, 4) is 0 Å². The van der Waals surface area contributed by atoms with E-state index >= 15 is 0 Å². The molecule has 0 radical (unpaired) electrons. The summed E-state index contributed by atoms with van der Waals surface area (Å²) in [5, 5.41) is 11.0. The molecule has 28 heavy (non-hydrogen) atoms. The van der Waals surface area contributed by atoms with E-state index in [-0.39, 0.29) is 22.4 Å². The highest BCUT2D eigenvalue weighted by atomic mass is 19.4. The van der Waals surface area contributed by atoms with Gasteiger partial charge in [-0.05, 0) is 41.8 Å². The van der Waals surface area contributed by atoms with Gasteiger partial charge >= 0.3 is 6.18 Å². The fourth-order valence-corrected chi connectivity index (χ4v) is 3.26. The molecule has 0 amide bonds. The smallest absolute Gasteiger partial charge is 0.292 e. The van der Waals surface area contributed by atoms with Crippen LogP contribution >= 0.6 is 0 Å². The highest BCUT2D eigenvalue weighted by Gasteiger charge is 2.31. The predicted octanol–water partition coefficient (Wildman–Crippen LogP) is 4.27. The number of halogens is 3. The molecule has 0 spiro atoms. The highest BCUT2D eigenvalue weighted by Crippen LogP contribution is 2.32. The Hall–Kier alpha value is -3.49. The maximum absolute atomic E-state index is 13.0. The van der Waals surface area contributed by atoms with Crippen LogP contribution in [-0.4, -0.2) is 14.5 Å². The first kappa shape index (κ1) is 17.9. The number of hydrogen-bond acceptors (Lipinski definition) is 4. The highest BCUT2D eigenvalue weighted by molar-refractivity contribution is 5.85. The molecular weight excluding hydrogens is 375 g/mol. The van der Waals surface area contributed by atoms with Crippen LogP contribution in [0.2, 0.25) is 0 Å². The van der Waals surface area contributed by atoms with E-state index < -0.39 is 22.2 Å². The second-order valence-corrected chi connectivity index (χ2v) is 6.39. The average Bonchev–Trinajstić information content (AvgIpc) is 3.04. The summed E-state index contributed by atoms with van der Waals surface area (Å²) in [4.78, 5) is 27.3. The number of nitrogens with zero attached hydrogens (tertiary/aromatic N) is 3. The van der Waals surface area contributed by atoms with Gasteiger partial charge in [0.15, 0.2) is 0 Å². The molecule has 1 aliphatic rings. The molecule has 0 saturated carbocycles. The molecule has 9 heteroatoms. The van der Waals surface area contributed by atoms with Crippen LogP contribution in [-0.2, 0) is 12.7 Å². The Labute approximate surface area is 155 Å². The molecule has 4 rings (SSSR count). The number of hydrogen-bond donors (Lipinski definition) is 0. The Morgan fingerprint density at radius 1 is 1.18 bits per heavy atom. The minimum absolute atomic E-state index is 0.0297. The molecule has 0 unspecified atom stereocenters. The van der Waals surface area contributed by atoms with Crippen molar-refractivity contribution in [2.24, 2.45) is 0 Å². The summed E-state index contributed by atoms with van der Waals surface area (Å²) in [6.45, 7) is 0.346. The zero-order chi connectivity index (χ0) is 20.1. The maximum atomic E-state index is 13.0. The third-order valence-electron chi connectivity index (χ3n) is 4.60. The predicted molar refractivity (Wildman–Crippen MR) is 96.6 cm³/mol. The number of nitro groups is 1. The van der Waals surface area contributed by atoms with Gasteiger partial charge in [0.1, 0.15) is 5.82 Å². The van der Waals surface area contributed by atoms with Gasteiger partial charge in [-0.15, -0.1) is 0 Å². The quantitative estimate of drug-likeness (QED) is 0.486. The first-order valence-electron chi connectivity index (χ1n) is 8.31. The van der Waals surface area contributed by atoms with Gasteiger partial charge in [0.05, 0.1) is 21.4 Å². The average molecular weight is 387 g/mol. The summed E-state index contributed by atoms with van der Waals surface area (Å²) in [5.74, 6) is 0.281. The Bertz CT molecular complexity index is 1210. The van der Waals surface area contributed by atoms with Crippen molar-refractivity contribution in [2.75, 3.05) is 0 Å². The van der Waals surface area contributed by atoms with Gasteiger partial charge in [0.2, 0.25) is 0 Å². The third-order valence-corrected chi connectivity index (χ3v) is 4.60. The van der Waals surface area contributed by atoms with Crippen molar-refractivity contribution in [2.45, 2.75) is 19.1 Å². The summed E-state index contributed by atoms with van der Waals surface area (Å²) < 4.78 is 40.4. The van der Waals surface area contributed by atoms with Crippen molar-refractivity contribution >= 4 is 28.2 Å². The molecule has 0 bridgehead atoms. The van der Waals surface area contributed by atoms with E-state index in [0.717, 1.165) is 18.2 Å². The van der Waals surface area contributed by atoms with E-state index in [4.69, 9.17) is 0 Å². The van der Waals surface area contributed by atoms with Crippen LogP contribution in [0.1, 0.15) is 23.4 Å². The summed E-state index contributed by atoms with van der Waals surface area (Å²) in [7, 11) is 0. The van der Waals surface area contributed by atoms with Crippen LogP contribution in [0.15, 0.2) is 47.3 Å². The number of allylic oxidation sites excluding steroid dienone is 1. The molecule has 0 saturated heterocycles.